The molecule has 0 heterocycles. The zero-order valence-electron chi connectivity index (χ0n) is 18.7. The van der Waals surface area contributed by atoms with Gasteiger partial charge in [0, 0.05) is 6.54 Å². The summed E-state index contributed by atoms with van der Waals surface area (Å²) in [6, 6.07) is 8.21. The van der Waals surface area contributed by atoms with Crippen molar-refractivity contribution in [3.8, 4) is 5.75 Å². The van der Waals surface area contributed by atoms with Crippen molar-refractivity contribution in [1.82, 2.24) is 10.0 Å². The van der Waals surface area contributed by atoms with Gasteiger partial charge in [-0.2, -0.15) is 0 Å². The number of hydrogen-bond donors (Lipinski definition) is 2. The van der Waals surface area contributed by atoms with Gasteiger partial charge in [0.25, 0.3) is 5.91 Å². The molecule has 0 radical (unpaired) electrons. The first-order chi connectivity index (χ1) is 14.5. The van der Waals surface area contributed by atoms with E-state index in [-0.39, 0.29) is 34.2 Å². The van der Waals surface area contributed by atoms with Gasteiger partial charge in [-0.25, -0.2) is 13.1 Å². The molecule has 0 aromatic heterocycles. The number of halogens is 1. The van der Waals surface area contributed by atoms with E-state index in [1.165, 1.54) is 29.3 Å². The molecule has 8 heteroatoms. The van der Waals surface area contributed by atoms with Gasteiger partial charge in [-0.3, -0.25) is 4.79 Å². The van der Waals surface area contributed by atoms with Gasteiger partial charge in [-0.15, -0.1) is 0 Å². The van der Waals surface area contributed by atoms with Crippen LogP contribution in [-0.2, 0) is 14.8 Å². The molecule has 31 heavy (non-hydrogen) atoms. The summed E-state index contributed by atoms with van der Waals surface area (Å²) in [5, 5.41) is 3.05. The van der Waals surface area contributed by atoms with Crippen LogP contribution >= 0.6 is 11.6 Å². The SMILES string of the molecule is CCCCNS(=O)(=O)c1ccc(OCC(=O)N[C@@H](C)c2cc(C)c(C)cc2C)c(Cl)c1. The number of nitrogens with one attached hydrogen (secondary N) is 2. The summed E-state index contributed by atoms with van der Waals surface area (Å²) in [5.74, 6) is -0.0431. The Morgan fingerprint density at radius 2 is 1.77 bits per heavy atom. The van der Waals surface area contributed by atoms with Crippen LogP contribution in [0.4, 0.5) is 0 Å². The molecule has 6 nitrogen and oxygen atoms in total. The largest absolute Gasteiger partial charge is 0.482 e. The summed E-state index contributed by atoms with van der Waals surface area (Å²) < 4.78 is 32.6. The minimum Gasteiger partial charge on any atom is -0.482 e. The Kier molecular flexibility index (Phi) is 8.91. The monoisotopic (exact) mass is 466 g/mol. The number of hydrogen-bond acceptors (Lipinski definition) is 4. The maximum atomic E-state index is 12.4. The summed E-state index contributed by atoms with van der Waals surface area (Å²) in [6.07, 6.45) is 1.64. The van der Waals surface area contributed by atoms with Crippen LogP contribution < -0.4 is 14.8 Å². The minimum atomic E-state index is -3.63. The van der Waals surface area contributed by atoms with E-state index in [4.69, 9.17) is 16.3 Å². The third-order valence-corrected chi connectivity index (χ3v) is 6.88. The Labute approximate surface area is 190 Å². The van der Waals surface area contributed by atoms with Crippen molar-refractivity contribution in [3.63, 3.8) is 0 Å². The topological polar surface area (TPSA) is 84.5 Å². The van der Waals surface area contributed by atoms with Gasteiger partial charge >= 0.3 is 0 Å². The van der Waals surface area contributed by atoms with E-state index >= 15 is 0 Å². The van der Waals surface area contributed by atoms with Gasteiger partial charge in [0.15, 0.2) is 6.61 Å². The van der Waals surface area contributed by atoms with E-state index in [1.807, 2.05) is 27.7 Å². The van der Waals surface area contributed by atoms with Crippen LogP contribution in [0.3, 0.4) is 0 Å². The van der Waals surface area contributed by atoms with E-state index in [0.717, 1.165) is 24.0 Å². The number of rotatable bonds is 10. The number of carbonyl (C=O) groups is 1. The lowest BCUT2D eigenvalue weighted by atomic mass is 9.96. The zero-order valence-corrected chi connectivity index (χ0v) is 20.3. The first-order valence-electron chi connectivity index (χ1n) is 10.3. The second kappa shape index (κ2) is 11.0. The smallest absolute Gasteiger partial charge is 0.258 e. The molecule has 0 spiro atoms. The fraction of sp³-hybridized carbons (Fsp3) is 0.435. The maximum Gasteiger partial charge on any atom is 0.258 e. The van der Waals surface area contributed by atoms with Crippen molar-refractivity contribution >= 4 is 27.5 Å². The summed E-state index contributed by atoms with van der Waals surface area (Å²) in [7, 11) is -3.63. The molecule has 0 bridgehead atoms. The average Bonchev–Trinajstić information content (AvgIpc) is 2.69. The van der Waals surface area contributed by atoms with Crippen LogP contribution in [0.1, 0.15) is 55.0 Å². The number of sulfonamides is 1. The van der Waals surface area contributed by atoms with Crippen LogP contribution in [0, 0.1) is 20.8 Å². The van der Waals surface area contributed by atoms with E-state index in [2.05, 4.69) is 29.1 Å². The number of carbonyl (C=O) groups excluding carboxylic acids is 1. The van der Waals surface area contributed by atoms with Crippen molar-refractivity contribution in [2.24, 2.45) is 0 Å². The molecule has 0 aliphatic carbocycles. The molecule has 0 fully saturated rings. The summed E-state index contributed by atoms with van der Waals surface area (Å²) in [6.45, 7) is 10.2. The molecule has 0 saturated carbocycles. The molecule has 1 atom stereocenters. The summed E-state index contributed by atoms with van der Waals surface area (Å²) >= 11 is 6.19. The van der Waals surface area contributed by atoms with Crippen molar-refractivity contribution in [1.29, 1.82) is 0 Å². The number of benzene rings is 2. The van der Waals surface area contributed by atoms with Crippen molar-refractivity contribution < 1.29 is 17.9 Å². The van der Waals surface area contributed by atoms with Gasteiger partial charge in [-0.05, 0) is 74.6 Å². The Balaban J connectivity index is 1.98. The maximum absolute atomic E-state index is 12.4. The van der Waals surface area contributed by atoms with Crippen molar-refractivity contribution in [3.05, 3.63) is 57.6 Å². The molecule has 0 aliphatic rings. The Bertz CT molecular complexity index is 1040. The minimum absolute atomic E-state index is 0.0595. The molecule has 2 rings (SSSR count). The lowest BCUT2D eigenvalue weighted by Gasteiger charge is -2.19. The fourth-order valence-corrected chi connectivity index (χ4v) is 4.59. The second-order valence-electron chi connectivity index (χ2n) is 7.71. The molecular weight excluding hydrogens is 436 g/mol. The van der Waals surface area contributed by atoms with Crippen LogP contribution in [0.25, 0.3) is 0 Å². The normalized spacial score (nSPS) is 12.5. The van der Waals surface area contributed by atoms with Crippen LogP contribution in [-0.4, -0.2) is 27.5 Å². The van der Waals surface area contributed by atoms with Crippen LogP contribution in [0.2, 0.25) is 5.02 Å². The average molecular weight is 467 g/mol. The third kappa shape index (κ3) is 6.95. The third-order valence-electron chi connectivity index (χ3n) is 5.12. The molecule has 2 aromatic rings. The number of amides is 1. The van der Waals surface area contributed by atoms with Gasteiger partial charge in [0.05, 0.1) is 16.0 Å². The van der Waals surface area contributed by atoms with Crippen molar-refractivity contribution in [2.75, 3.05) is 13.2 Å². The molecule has 1 amide bonds. The molecule has 0 unspecified atom stereocenters. The molecule has 2 N–H and O–H groups in total. The highest BCUT2D eigenvalue weighted by molar-refractivity contribution is 7.89. The fourth-order valence-electron chi connectivity index (χ4n) is 3.19. The van der Waals surface area contributed by atoms with Gasteiger partial charge in [0.1, 0.15) is 5.75 Å². The first-order valence-corrected chi connectivity index (χ1v) is 12.2. The number of unbranched alkanes of at least 4 members (excludes halogenated alkanes) is 1. The van der Waals surface area contributed by atoms with Crippen LogP contribution in [0.15, 0.2) is 35.2 Å². The lowest BCUT2D eigenvalue weighted by molar-refractivity contribution is -0.123. The zero-order chi connectivity index (χ0) is 23.2. The van der Waals surface area contributed by atoms with E-state index in [9.17, 15) is 13.2 Å². The second-order valence-corrected chi connectivity index (χ2v) is 9.89. The van der Waals surface area contributed by atoms with Gasteiger partial charge in [0.2, 0.25) is 10.0 Å². The standard InChI is InChI=1S/C23H31ClN2O4S/c1-6-7-10-25-31(28,29)19-8-9-22(21(24)13-19)30-14-23(27)26-18(5)20-12-16(3)15(2)11-17(20)4/h8-9,11-13,18,25H,6-7,10,14H2,1-5H3,(H,26,27)/t18-/m0/s1. The highest BCUT2D eigenvalue weighted by Gasteiger charge is 2.17. The predicted octanol–water partition coefficient (Wildman–Crippen LogP) is 4.60. The Morgan fingerprint density at radius 1 is 1.10 bits per heavy atom. The molecule has 0 aliphatic heterocycles. The number of aryl methyl sites for hydroxylation is 3. The lowest BCUT2D eigenvalue weighted by Crippen LogP contribution is -2.31. The highest BCUT2D eigenvalue weighted by Crippen LogP contribution is 2.27. The highest BCUT2D eigenvalue weighted by atomic mass is 35.5. The van der Waals surface area contributed by atoms with Crippen LogP contribution in [0.5, 0.6) is 5.75 Å². The Hall–Kier alpha value is -2.09. The molecule has 2 aromatic carbocycles. The summed E-state index contributed by atoms with van der Waals surface area (Å²) in [5.41, 5.74) is 4.55. The quantitative estimate of drug-likeness (QED) is 0.501. The molecule has 170 valence electrons. The number of ether oxygens (including phenoxy) is 1. The van der Waals surface area contributed by atoms with E-state index in [0.29, 0.717) is 6.54 Å². The predicted molar refractivity (Wildman–Crippen MR) is 124 cm³/mol. The van der Waals surface area contributed by atoms with E-state index < -0.39 is 10.0 Å². The van der Waals surface area contributed by atoms with Crippen molar-refractivity contribution in [2.45, 2.75) is 58.4 Å². The molecule has 0 saturated heterocycles. The Morgan fingerprint density at radius 3 is 2.42 bits per heavy atom. The van der Waals surface area contributed by atoms with Gasteiger partial charge in [-0.1, -0.05) is 37.1 Å². The summed E-state index contributed by atoms with van der Waals surface area (Å²) in [4.78, 5) is 12.4. The van der Waals surface area contributed by atoms with Gasteiger partial charge < -0.3 is 10.1 Å². The molecular formula is C23H31ClN2O4S. The first kappa shape index (κ1) is 25.2. The van der Waals surface area contributed by atoms with E-state index in [1.54, 1.807) is 0 Å².